The van der Waals surface area contributed by atoms with Crippen molar-refractivity contribution in [2.75, 3.05) is 47.5 Å². The first-order chi connectivity index (χ1) is 12.7. The molecule has 0 bridgehead atoms. The number of aryl methyl sites for hydroxylation is 1. The van der Waals surface area contributed by atoms with Crippen LogP contribution in [0.25, 0.3) is 0 Å². The molecule has 0 aliphatic carbocycles. The van der Waals surface area contributed by atoms with Crippen LogP contribution in [0.1, 0.15) is 23.0 Å². The lowest BCUT2D eigenvalue weighted by molar-refractivity contribution is 0.194. The molecule has 140 valence electrons. The van der Waals surface area contributed by atoms with E-state index in [1.807, 2.05) is 25.1 Å². The molecule has 1 fully saturated rings. The van der Waals surface area contributed by atoms with Crippen LogP contribution in [0.2, 0.25) is 0 Å². The molecule has 0 saturated carbocycles. The van der Waals surface area contributed by atoms with E-state index < -0.39 is 0 Å². The third kappa shape index (κ3) is 3.76. The van der Waals surface area contributed by atoms with Gasteiger partial charge in [0.05, 0.1) is 33.1 Å². The molecule has 1 N–H and O–H groups in total. The minimum atomic E-state index is 0.0331. The number of benzene rings is 1. The average Bonchev–Trinajstić information content (AvgIpc) is 2.68. The Hall–Kier alpha value is -2.31. The Morgan fingerprint density at radius 2 is 1.65 bits per heavy atom. The number of nitrogens with one attached hydrogen (secondary N) is 1. The Labute approximate surface area is 155 Å². The molecule has 1 aliphatic rings. The highest BCUT2D eigenvalue weighted by Gasteiger charge is 2.27. The molecule has 1 atom stereocenters. The number of nitrogens with zero attached hydrogens (tertiary/aromatic N) is 2. The lowest BCUT2D eigenvalue weighted by atomic mass is 9.99. The molecule has 0 amide bonds. The fourth-order valence-electron chi connectivity index (χ4n) is 3.48. The molecular formula is C20H27N3O3. The van der Waals surface area contributed by atoms with E-state index in [4.69, 9.17) is 19.2 Å². The van der Waals surface area contributed by atoms with Crippen LogP contribution in [0.3, 0.4) is 0 Å². The zero-order valence-electron chi connectivity index (χ0n) is 15.9. The van der Waals surface area contributed by atoms with E-state index in [0.29, 0.717) is 17.2 Å². The van der Waals surface area contributed by atoms with Crippen molar-refractivity contribution < 1.29 is 14.2 Å². The number of ether oxygens (including phenoxy) is 3. The zero-order chi connectivity index (χ0) is 18.5. The van der Waals surface area contributed by atoms with Crippen LogP contribution < -0.4 is 19.5 Å². The molecule has 6 heteroatoms. The molecule has 6 nitrogen and oxygen atoms in total. The van der Waals surface area contributed by atoms with E-state index in [0.717, 1.165) is 43.1 Å². The second kappa shape index (κ2) is 8.38. The van der Waals surface area contributed by atoms with Gasteiger partial charge < -0.3 is 19.5 Å². The summed E-state index contributed by atoms with van der Waals surface area (Å²) in [4.78, 5) is 7.25. The summed E-state index contributed by atoms with van der Waals surface area (Å²) in [7, 11) is 4.91. The van der Waals surface area contributed by atoms with Crippen molar-refractivity contribution in [2.45, 2.75) is 13.0 Å². The highest BCUT2D eigenvalue weighted by Crippen LogP contribution is 2.42. The summed E-state index contributed by atoms with van der Waals surface area (Å²) >= 11 is 0. The maximum Gasteiger partial charge on any atom is 0.203 e. The summed E-state index contributed by atoms with van der Waals surface area (Å²) in [5.74, 6) is 1.93. The monoisotopic (exact) mass is 357 g/mol. The van der Waals surface area contributed by atoms with E-state index in [1.54, 1.807) is 21.3 Å². The number of hydrogen-bond donors (Lipinski definition) is 1. The van der Waals surface area contributed by atoms with Gasteiger partial charge in [-0.15, -0.1) is 0 Å². The van der Waals surface area contributed by atoms with E-state index in [1.165, 1.54) is 0 Å². The molecule has 26 heavy (non-hydrogen) atoms. The molecular weight excluding hydrogens is 330 g/mol. The van der Waals surface area contributed by atoms with E-state index >= 15 is 0 Å². The lowest BCUT2D eigenvalue weighted by Gasteiger charge is -2.35. The van der Waals surface area contributed by atoms with Gasteiger partial charge in [-0.25, -0.2) is 0 Å². The van der Waals surface area contributed by atoms with Crippen LogP contribution >= 0.6 is 0 Å². The van der Waals surface area contributed by atoms with Crippen LogP contribution in [0.5, 0.6) is 17.2 Å². The summed E-state index contributed by atoms with van der Waals surface area (Å²) < 4.78 is 16.6. The smallest absolute Gasteiger partial charge is 0.203 e. The van der Waals surface area contributed by atoms with Crippen LogP contribution in [-0.4, -0.2) is 57.4 Å². The van der Waals surface area contributed by atoms with Crippen LogP contribution in [0.15, 0.2) is 30.3 Å². The molecule has 3 rings (SSSR count). The van der Waals surface area contributed by atoms with Gasteiger partial charge in [0.15, 0.2) is 11.5 Å². The summed E-state index contributed by atoms with van der Waals surface area (Å²) in [6.45, 7) is 5.86. The first-order valence-corrected chi connectivity index (χ1v) is 8.86. The van der Waals surface area contributed by atoms with E-state index in [-0.39, 0.29) is 6.04 Å². The van der Waals surface area contributed by atoms with Crippen molar-refractivity contribution in [2.24, 2.45) is 0 Å². The first-order valence-electron chi connectivity index (χ1n) is 8.86. The van der Waals surface area contributed by atoms with Crippen LogP contribution in [0.4, 0.5) is 0 Å². The number of pyridine rings is 1. The molecule has 1 aromatic heterocycles. The number of hydrogen-bond acceptors (Lipinski definition) is 6. The third-order valence-corrected chi connectivity index (χ3v) is 4.71. The van der Waals surface area contributed by atoms with Crippen LogP contribution in [0, 0.1) is 6.92 Å². The summed E-state index contributed by atoms with van der Waals surface area (Å²) in [5.41, 5.74) is 3.12. The fraction of sp³-hybridized carbons (Fsp3) is 0.450. The maximum absolute atomic E-state index is 5.56. The van der Waals surface area contributed by atoms with Gasteiger partial charge in [0.1, 0.15) is 0 Å². The second-order valence-corrected chi connectivity index (χ2v) is 6.35. The standard InChI is InChI=1S/C20H27N3O3/c1-14-6-5-7-16(22-14)19(23-10-8-21-9-11-23)15-12-17(24-2)20(26-4)18(13-15)25-3/h5-7,12-13,19,21H,8-11H2,1-4H3. The van der Waals surface area contributed by atoms with Gasteiger partial charge in [0.2, 0.25) is 5.75 Å². The molecule has 1 unspecified atom stereocenters. The van der Waals surface area contributed by atoms with Gasteiger partial charge in [-0.3, -0.25) is 9.88 Å². The summed E-state index contributed by atoms with van der Waals surface area (Å²) in [6, 6.07) is 10.3. The van der Waals surface area contributed by atoms with Crippen molar-refractivity contribution in [3.8, 4) is 17.2 Å². The largest absolute Gasteiger partial charge is 0.493 e. The summed E-state index contributed by atoms with van der Waals surface area (Å²) in [5, 5.41) is 3.42. The number of piperazine rings is 1. The van der Waals surface area contributed by atoms with Gasteiger partial charge in [-0.1, -0.05) is 6.07 Å². The molecule has 1 saturated heterocycles. The molecule has 2 heterocycles. The Balaban J connectivity index is 2.12. The average molecular weight is 357 g/mol. The van der Waals surface area contributed by atoms with Crippen LogP contribution in [-0.2, 0) is 0 Å². The zero-order valence-corrected chi connectivity index (χ0v) is 15.9. The molecule has 0 radical (unpaired) electrons. The quantitative estimate of drug-likeness (QED) is 0.857. The second-order valence-electron chi connectivity index (χ2n) is 6.35. The minimum Gasteiger partial charge on any atom is -0.493 e. The Kier molecular flexibility index (Phi) is 5.96. The van der Waals surface area contributed by atoms with Gasteiger partial charge in [-0.05, 0) is 36.8 Å². The van der Waals surface area contributed by atoms with Gasteiger partial charge in [0.25, 0.3) is 0 Å². The normalized spacial score (nSPS) is 16.2. The topological polar surface area (TPSA) is 55.9 Å². The maximum atomic E-state index is 5.56. The predicted molar refractivity (Wildman–Crippen MR) is 101 cm³/mol. The van der Waals surface area contributed by atoms with Crippen molar-refractivity contribution in [1.29, 1.82) is 0 Å². The van der Waals surface area contributed by atoms with Crippen molar-refractivity contribution in [1.82, 2.24) is 15.2 Å². The van der Waals surface area contributed by atoms with Gasteiger partial charge in [0, 0.05) is 31.9 Å². The number of aromatic nitrogens is 1. The lowest BCUT2D eigenvalue weighted by Crippen LogP contribution is -2.45. The Morgan fingerprint density at radius 3 is 2.19 bits per heavy atom. The molecule has 1 aromatic carbocycles. The highest BCUT2D eigenvalue weighted by atomic mass is 16.5. The van der Waals surface area contributed by atoms with E-state index in [9.17, 15) is 0 Å². The molecule has 2 aromatic rings. The fourth-order valence-corrected chi connectivity index (χ4v) is 3.48. The minimum absolute atomic E-state index is 0.0331. The Bertz CT molecular complexity index is 720. The highest BCUT2D eigenvalue weighted by molar-refractivity contribution is 5.55. The molecule has 1 aliphatic heterocycles. The SMILES string of the molecule is COc1cc(C(c2cccc(C)n2)N2CCNCC2)cc(OC)c1OC. The summed E-state index contributed by atoms with van der Waals surface area (Å²) in [6.07, 6.45) is 0. The van der Waals surface area contributed by atoms with Gasteiger partial charge >= 0.3 is 0 Å². The number of methoxy groups -OCH3 is 3. The van der Waals surface area contributed by atoms with Gasteiger partial charge in [-0.2, -0.15) is 0 Å². The van der Waals surface area contributed by atoms with Crippen molar-refractivity contribution in [3.63, 3.8) is 0 Å². The number of rotatable bonds is 6. The molecule has 0 spiro atoms. The van der Waals surface area contributed by atoms with Crippen molar-refractivity contribution >= 4 is 0 Å². The third-order valence-electron chi connectivity index (χ3n) is 4.71. The predicted octanol–water partition coefficient (Wildman–Crippen LogP) is 2.41. The first kappa shape index (κ1) is 18.5. The Morgan fingerprint density at radius 1 is 1.00 bits per heavy atom. The van der Waals surface area contributed by atoms with E-state index in [2.05, 4.69) is 22.3 Å². The van der Waals surface area contributed by atoms with Crippen molar-refractivity contribution in [3.05, 3.63) is 47.3 Å².